The molecule has 0 spiro atoms. The Labute approximate surface area is 115 Å². The van der Waals surface area contributed by atoms with E-state index in [9.17, 15) is 4.79 Å². The number of benzene rings is 1. The van der Waals surface area contributed by atoms with E-state index in [4.69, 9.17) is 10.8 Å². The number of carbonyl (C=O) groups is 1. The summed E-state index contributed by atoms with van der Waals surface area (Å²) in [4.78, 5) is 11.5. The van der Waals surface area contributed by atoms with Crippen LogP contribution in [0.2, 0.25) is 0 Å². The Kier molecular flexibility index (Phi) is 5.09. The van der Waals surface area contributed by atoms with Gasteiger partial charge in [0.05, 0.1) is 6.61 Å². The first-order valence-electron chi connectivity index (χ1n) is 6.50. The molecule has 0 fully saturated rings. The summed E-state index contributed by atoms with van der Waals surface area (Å²) in [5.41, 5.74) is 9.03. The Morgan fingerprint density at radius 2 is 2.05 bits per heavy atom. The predicted octanol–water partition coefficient (Wildman–Crippen LogP) is 1.23. The maximum absolute atomic E-state index is 11.5. The van der Waals surface area contributed by atoms with Gasteiger partial charge in [0.1, 0.15) is 6.04 Å². The van der Waals surface area contributed by atoms with Gasteiger partial charge in [-0.3, -0.25) is 4.79 Å². The summed E-state index contributed by atoms with van der Waals surface area (Å²) in [6, 6.07) is 5.41. The van der Waals surface area contributed by atoms with Crippen LogP contribution in [0.1, 0.15) is 37.5 Å². The van der Waals surface area contributed by atoms with Crippen LogP contribution in [-0.2, 0) is 16.8 Å². The molecule has 0 aromatic heterocycles. The molecule has 0 aliphatic rings. The Morgan fingerprint density at radius 3 is 2.53 bits per heavy atom. The lowest BCUT2D eigenvalue weighted by molar-refractivity contribution is -0.123. The Morgan fingerprint density at radius 1 is 1.42 bits per heavy atom. The minimum atomic E-state index is -0.853. The molecule has 4 N–H and O–H groups in total. The number of nitrogens with two attached hydrogens (primary N) is 1. The highest BCUT2D eigenvalue weighted by Gasteiger charge is 2.15. The van der Waals surface area contributed by atoms with Crippen molar-refractivity contribution in [2.45, 2.75) is 45.7 Å². The van der Waals surface area contributed by atoms with Gasteiger partial charge in [0.2, 0.25) is 5.91 Å². The molecule has 0 radical (unpaired) electrons. The number of nitrogens with one attached hydrogen (secondary N) is 1. The zero-order valence-corrected chi connectivity index (χ0v) is 12.2. The number of aryl methyl sites for hydroxylation is 1. The molecule has 1 amide bonds. The molecule has 19 heavy (non-hydrogen) atoms. The molecule has 0 saturated heterocycles. The van der Waals surface area contributed by atoms with E-state index < -0.39 is 6.04 Å². The lowest BCUT2D eigenvalue weighted by atomic mass is 9.85. The number of aliphatic hydroxyl groups excluding tert-OH is 1. The van der Waals surface area contributed by atoms with Gasteiger partial charge in [-0.2, -0.15) is 0 Å². The number of rotatable bonds is 4. The molecular weight excluding hydrogens is 240 g/mol. The molecule has 1 aromatic rings. The monoisotopic (exact) mass is 264 g/mol. The van der Waals surface area contributed by atoms with Crippen molar-refractivity contribution in [2.75, 3.05) is 6.61 Å². The van der Waals surface area contributed by atoms with E-state index in [2.05, 4.69) is 38.2 Å². The molecule has 1 rings (SSSR count). The standard InChI is InChI=1S/C15H24N2O2/c1-10-7-12(15(2,3)4)6-5-11(10)8-17-14(19)13(16)9-18/h5-7,13,18H,8-9,16H2,1-4H3,(H,17,19). The zero-order valence-electron chi connectivity index (χ0n) is 12.2. The Hall–Kier alpha value is -1.39. The molecule has 1 aromatic carbocycles. The van der Waals surface area contributed by atoms with Gasteiger partial charge in [-0.15, -0.1) is 0 Å². The highest BCUT2D eigenvalue weighted by atomic mass is 16.3. The fourth-order valence-corrected chi connectivity index (χ4v) is 1.76. The maximum atomic E-state index is 11.5. The molecule has 0 heterocycles. The van der Waals surface area contributed by atoms with Crippen LogP contribution >= 0.6 is 0 Å². The second-order valence-electron chi connectivity index (χ2n) is 5.90. The fraction of sp³-hybridized carbons (Fsp3) is 0.533. The van der Waals surface area contributed by atoms with Crippen molar-refractivity contribution in [2.24, 2.45) is 5.73 Å². The van der Waals surface area contributed by atoms with Gasteiger partial charge in [-0.1, -0.05) is 39.0 Å². The molecule has 4 heteroatoms. The highest BCUT2D eigenvalue weighted by molar-refractivity contribution is 5.81. The minimum Gasteiger partial charge on any atom is -0.394 e. The average Bonchev–Trinajstić information content (AvgIpc) is 2.34. The quantitative estimate of drug-likeness (QED) is 0.765. The topological polar surface area (TPSA) is 75.4 Å². The van der Waals surface area contributed by atoms with Crippen LogP contribution in [0.3, 0.4) is 0 Å². The SMILES string of the molecule is Cc1cc(C(C)(C)C)ccc1CNC(=O)C(N)CO. The van der Waals surface area contributed by atoms with Crippen LogP contribution in [0.25, 0.3) is 0 Å². The van der Waals surface area contributed by atoms with Crippen molar-refractivity contribution < 1.29 is 9.90 Å². The third-order valence-corrected chi connectivity index (χ3v) is 3.20. The lowest BCUT2D eigenvalue weighted by Crippen LogP contribution is -2.42. The summed E-state index contributed by atoms with van der Waals surface area (Å²) in [6.45, 7) is 8.63. The smallest absolute Gasteiger partial charge is 0.239 e. The Bertz CT molecular complexity index is 450. The van der Waals surface area contributed by atoms with Gasteiger partial charge in [0.15, 0.2) is 0 Å². The van der Waals surface area contributed by atoms with Crippen LogP contribution < -0.4 is 11.1 Å². The van der Waals surface area contributed by atoms with Crippen molar-refractivity contribution in [3.05, 3.63) is 34.9 Å². The molecule has 0 aliphatic heterocycles. The molecular formula is C15H24N2O2. The van der Waals surface area contributed by atoms with E-state index in [1.165, 1.54) is 5.56 Å². The number of amides is 1. The molecule has 0 aliphatic carbocycles. The highest BCUT2D eigenvalue weighted by Crippen LogP contribution is 2.24. The molecule has 1 atom stereocenters. The van der Waals surface area contributed by atoms with E-state index in [0.29, 0.717) is 6.54 Å². The summed E-state index contributed by atoms with van der Waals surface area (Å²) in [5, 5.41) is 11.5. The summed E-state index contributed by atoms with van der Waals surface area (Å²) < 4.78 is 0. The van der Waals surface area contributed by atoms with Crippen molar-refractivity contribution in [3.63, 3.8) is 0 Å². The van der Waals surface area contributed by atoms with Gasteiger partial charge >= 0.3 is 0 Å². The van der Waals surface area contributed by atoms with E-state index in [0.717, 1.165) is 11.1 Å². The molecule has 106 valence electrons. The third kappa shape index (κ3) is 4.33. The number of hydrogen-bond acceptors (Lipinski definition) is 3. The van der Waals surface area contributed by atoms with E-state index >= 15 is 0 Å². The number of carbonyl (C=O) groups excluding carboxylic acids is 1. The Balaban J connectivity index is 2.74. The van der Waals surface area contributed by atoms with Gasteiger partial charge in [-0.25, -0.2) is 0 Å². The van der Waals surface area contributed by atoms with Gasteiger partial charge in [-0.05, 0) is 29.0 Å². The van der Waals surface area contributed by atoms with Crippen molar-refractivity contribution in [3.8, 4) is 0 Å². The van der Waals surface area contributed by atoms with Crippen molar-refractivity contribution >= 4 is 5.91 Å². The second kappa shape index (κ2) is 6.17. The van der Waals surface area contributed by atoms with Crippen LogP contribution in [0.4, 0.5) is 0 Å². The normalized spacial score (nSPS) is 13.2. The zero-order chi connectivity index (χ0) is 14.6. The minimum absolute atomic E-state index is 0.117. The first-order chi connectivity index (χ1) is 8.75. The summed E-state index contributed by atoms with van der Waals surface area (Å²) >= 11 is 0. The number of aliphatic hydroxyl groups is 1. The predicted molar refractivity (Wildman–Crippen MR) is 76.8 cm³/mol. The van der Waals surface area contributed by atoms with Gasteiger partial charge in [0, 0.05) is 6.54 Å². The molecule has 1 unspecified atom stereocenters. The molecule has 0 bridgehead atoms. The van der Waals surface area contributed by atoms with E-state index in [1.54, 1.807) is 0 Å². The third-order valence-electron chi connectivity index (χ3n) is 3.20. The van der Waals surface area contributed by atoms with E-state index in [-0.39, 0.29) is 17.9 Å². The lowest BCUT2D eigenvalue weighted by Gasteiger charge is -2.21. The summed E-state index contributed by atoms with van der Waals surface area (Å²) in [5.74, 6) is -0.332. The average molecular weight is 264 g/mol. The molecule has 4 nitrogen and oxygen atoms in total. The van der Waals surface area contributed by atoms with Crippen molar-refractivity contribution in [1.82, 2.24) is 5.32 Å². The summed E-state index contributed by atoms with van der Waals surface area (Å²) in [6.07, 6.45) is 0. The first-order valence-corrected chi connectivity index (χ1v) is 6.50. The molecule has 0 saturated carbocycles. The number of hydrogen-bond donors (Lipinski definition) is 3. The van der Waals surface area contributed by atoms with Crippen LogP contribution in [0.15, 0.2) is 18.2 Å². The summed E-state index contributed by atoms with van der Waals surface area (Å²) in [7, 11) is 0. The van der Waals surface area contributed by atoms with E-state index in [1.807, 2.05) is 13.0 Å². The van der Waals surface area contributed by atoms with Crippen LogP contribution in [0.5, 0.6) is 0 Å². The van der Waals surface area contributed by atoms with Crippen LogP contribution in [-0.4, -0.2) is 23.7 Å². The second-order valence-corrected chi connectivity index (χ2v) is 5.90. The fourth-order valence-electron chi connectivity index (χ4n) is 1.76. The van der Waals surface area contributed by atoms with Gasteiger partial charge in [0.25, 0.3) is 0 Å². The van der Waals surface area contributed by atoms with Crippen molar-refractivity contribution in [1.29, 1.82) is 0 Å². The maximum Gasteiger partial charge on any atom is 0.239 e. The van der Waals surface area contributed by atoms with Gasteiger partial charge < -0.3 is 16.2 Å². The first kappa shape index (κ1) is 15.7. The largest absolute Gasteiger partial charge is 0.394 e. The van der Waals surface area contributed by atoms with Crippen LogP contribution in [0, 0.1) is 6.92 Å².